The van der Waals surface area contributed by atoms with Crippen LogP contribution in [0.4, 0.5) is 0 Å². The van der Waals surface area contributed by atoms with Crippen molar-refractivity contribution in [1.29, 1.82) is 0 Å². The first kappa shape index (κ1) is 20.2. The minimum Gasteiger partial charge on any atom is -0.338 e. The van der Waals surface area contributed by atoms with Crippen LogP contribution in [0.15, 0.2) is 62.4 Å². The summed E-state index contributed by atoms with van der Waals surface area (Å²) >= 11 is 3.41. The van der Waals surface area contributed by atoms with E-state index < -0.39 is 10.0 Å². The Morgan fingerprint density at radius 3 is 2.48 bits per heavy atom. The van der Waals surface area contributed by atoms with Gasteiger partial charge in [-0.2, -0.15) is 9.29 Å². The van der Waals surface area contributed by atoms with Crippen LogP contribution in [-0.2, 0) is 16.6 Å². The molecule has 1 saturated heterocycles. The third kappa shape index (κ3) is 4.42. The van der Waals surface area contributed by atoms with Crippen LogP contribution in [0.2, 0.25) is 0 Å². The highest BCUT2D eigenvalue weighted by molar-refractivity contribution is 9.10. The maximum absolute atomic E-state index is 12.9. The maximum atomic E-state index is 12.9. The number of piperazine rings is 1. The van der Waals surface area contributed by atoms with Gasteiger partial charge in [0.05, 0.1) is 11.4 Å². The van der Waals surface area contributed by atoms with Crippen LogP contribution in [0.3, 0.4) is 0 Å². The molecule has 0 atom stereocenters. The Kier molecular flexibility index (Phi) is 5.82. The lowest BCUT2D eigenvalue weighted by Crippen LogP contribution is -2.48. The molecule has 29 heavy (non-hydrogen) atoms. The molecule has 0 aliphatic carbocycles. The fourth-order valence-corrected chi connectivity index (χ4v) is 5.02. The molecule has 0 bridgehead atoms. The second-order valence-electron chi connectivity index (χ2n) is 6.97. The zero-order valence-electron chi connectivity index (χ0n) is 16.0. The highest BCUT2D eigenvalue weighted by atomic mass is 79.9. The van der Waals surface area contributed by atoms with Crippen molar-refractivity contribution in [3.05, 3.63) is 64.5 Å². The number of benzene rings is 2. The molecule has 1 aromatic heterocycles. The minimum absolute atomic E-state index is 0.330. The topological polar surface area (TPSA) is 79.5 Å². The maximum Gasteiger partial charge on any atom is 0.243 e. The summed E-state index contributed by atoms with van der Waals surface area (Å²) < 4.78 is 33.7. The Morgan fingerprint density at radius 1 is 1.07 bits per heavy atom. The summed E-state index contributed by atoms with van der Waals surface area (Å²) in [7, 11) is -3.50. The number of rotatable bonds is 5. The summed E-state index contributed by atoms with van der Waals surface area (Å²) in [4.78, 5) is 6.91. The van der Waals surface area contributed by atoms with Gasteiger partial charge in [0.25, 0.3) is 0 Å². The number of sulfonamides is 1. The predicted molar refractivity (Wildman–Crippen MR) is 113 cm³/mol. The number of nitrogens with zero attached hydrogens (tertiary/aromatic N) is 4. The van der Waals surface area contributed by atoms with Crippen molar-refractivity contribution in [3.8, 4) is 11.4 Å². The second-order valence-corrected chi connectivity index (χ2v) is 9.76. The van der Waals surface area contributed by atoms with Crippen LogP contribution in [-0.4, -0.2) is 53.9 Å². The van der Waals surface area contributed by atoms with Crippen molar-refractivity contribution in [1.82, 2.24) is 19.3 Å². The SMILES string of the molecule is Cc1cc(S(=O)(=O)N2CCN(Cc3nc(-c4ccccc4)no3)CC2)ccc1Br. The van der Waals surface area contributed by atoms with E-state index in [1.54, 1.807) is 18.2 Å². The van der Waals surface area contributed by atoms with E-state index in [4.69, 9.17) is 4.52 Å². The van der Waals surface area contributed by atoms with Gasteiger partial charge in [-0.15, -0.1) is 0 Å². The lowest BCUT2D eigenvalue weighted by Gasteiger charge is -2.33. The van der Waals surface area contributed by atoms with E-state index in [1.807, 2.05) is 37.3 Å². The molecule has 7 nitrogen and oxygen atoms in total. The molecule has 9 heteroatoms. The van der Waals surface area contributed by atoms with Crippen LogP contribution in [0.25, 0.3) is 11.4 Å². The van der Waals surface area contributed by atoms with E-state index in [-0.39, 0.29) is 0 Å². The van der Waals surface area contributed by atoms with Crippen molar-refractivity contribution in [2.45, 2.75) is 18.4 Å². The summed E-state index contributed by atoms with van der Waals surface area (Å²) in [6, 6.07) is 14.8. The number of aryl methyl sites for hydroxylation is 1. The van der Waals surface area contributed by atoms with Crippen LogP contribution >= 0.6 is 15.9 Å². The van der Waals surface area contributed by atoms with E-state index in [9.17, 15) is 8.42 Å². The first-order chi connectivity index (χ1) is 13.9. The summed E-state index contributed by atoms with van der Waals surface area (Å²) in [6.45, 7) is 4.46. The van der Waals surface area contributed by atoms with Crippen LogP contribution < -0.4 is 0 Å². The van der Waals surface area contributed by atoms with E-state index in [1.165, 1.54) is 4.31 Å². The molecule has 3 aromatic rings. The summed E-state index contributed by atoms with van der Waals surface area (Å²) in [5.74, 6) is 1.09. The predicted octanol–water partition coefficient (Wildman–Crippen LogP) is 3.31. The van der Waals surface area contributed by atoms with E-state index in [0.717, 1.165) is 15.6 Å². The van der Waals surface area contributed by atoms with Crippen molar-refractivity contribution >= 4 is 26.0 Å². The summed E-state index contributed by atoms with van der Waals surface area (Å²) in [5.41, 5.74) is 1.80. The van der Waals surface area contributed by atoms with Gasteiger partial charge in [-0.1, -0.05) is 51.4 Å². The van der Waals surface area contributed by atoms with Gasteiger partial charge < -0.3 is 4.52 Å². The average Bonchev–Trinajstić information content (AvgIpc) is 3.19. The molecule has 1 aliphatic rings. The van der Waals surface area contributed by atoms with Gasteiger partial charge in [-0.05, 0) is 30.7 Å². The van der Waals surface area contributed by atoms with Gasteiger partial charge in [-0.25, -0.2) is 8.42 Å². The number of halogens is 1. The number of hydrogen-bond donors (Lipinski definition) is 0. The average molecular weight is 477 g/mol. The van der Waals surface area contributed by atoms with Crippen molar-refractivity contribution in [3.63, 3.8) is 0 Å². The van der Waals surface area contributed by atoms with E-state index in [0.29, 0.717) is 49.3 Å². The molecule has 0 saturated carbocycles. The van der Waals surface area contributed by atoms with Crippen LogP contribution in [0.5, 0.6) is 0 Å². The third-order valence-electron chi connectivity index (χ3n) is 4.96. The quantitative estimate of drug-likeness (QED) is 0.561. The van der Waals surface area contributed by atoms with Gasteiger partial charge >= 0.3 is 0 Å². The van der Waals surface area contributed by atoms with Gasteiger partial charge in [0.15, 0.2) is 0 Å². The Morgan fingerprint density at radius 2 is 1.79 bits per heavy atom. The van der Waals surface area contributed by atoms with Gasteiger partial charge in [0.2, 0.25) is 21.7 Å². The highest BCUT2D eigenvalue weighted by Crippen LogP contribution is 2.24. The smallest absolute Gasteiger partial charge is 0.243 e. The lowest BCUT2D eigenvalue weighted by atomic mass is 10.2. The minimum atomic E-state index is -3.50. The zero-order valence-corrected chi connectivity index (χ0v) is 18.4. The van der Waals surface area contributed by atoms with Crippen LogP contribution in [0.1, 0.15) is 11.5 Å². The Labute approximate surface area is 178 Å². The monoisotopic (exact) mass is 476 g/mol. The fourth-order valence-electron chi connectivity index (χ4n) is 3.27. The molecule has 152 valence electrons. The first-order valence-electron chi connectivity index (χ1n) is 9.30. The first-order valence-corrected chi connectivity index (χ1v) is 11.5. The molecule has 1 fully saturated rings. The fraction of sp³-hybridized carbons (Fsp3) is 0.300. The highest BCUT2D eigenvalue weighted by Gasteiger charge is 2.29. The molecular formula is C20H21BrN4O3S. The molecule has 0 unspecified atom stereocenters. The van der Waals surface area contributed by atoms with E-state index in [2.05, 4.69) is 31.0 Å². The Balaban J connectivity index is 1.38. The van der Waals surface area contributed by atoms with Gasteiger partial charge in [0, 0.05) is 36.2 Å². The Hall–Kier alpha value is -2.07. The molecule has 2 heterocycles. The largest absolute Gasteiger partial charge is 0.338 e. The Bertz CT molecular complexity index is 1090. The van der Waals surface area contributed by atoms with Crippen molar-refractivity contribution < 1.29 is 12.9 Å². The molecule has 0 radical (unpaired) electrons. The summed E-state index contributed by atoms with van der Waals surface area (Å²) in [5, 5.41) is 4.04. The molecule has 1 aliphatic heterocycles. The molecule has 4 rings (SSSR count). The molecule has 2 aromatic carbocycles. The zero-order chi connectivity index (χ0) is 20.4. The lowest BCUT2D eigenvalue weighted by molar-refractivity contribution is 0.163. The summed E-state index contributed by atoms with van der Waals surface area (Å²) in [6.07, 6.45) is 0. The molecule has 0 N–H and O–H groups in total. The standard InChI is InChI=1S/C20H21BrN4O3S/c1-15-13-17(7-8-18(15)21)29(26,27)25-11-9-24(10-12-25)14-19-22-20(23-28-19)16-5-3-2-4-6-16/h2-8,13H,9-12,14H2,1H3. The molecular weight excluding hydrogens is 456 g/mol. The molecule has 0 spiro atoms. The van der Waals surface area contributed by atoms with Crippen molar-refractivity contribution in [2.75, 3.05) is 26.2 Å². The second kappa shape index (κ2) is 8.35. The number of hydrogen-bond acceptors (Lipinski definition) is 6. The normalized spacial score (nSPS) is 16.2. The van der Waals surface area contributed by atoms with Crippen molar-refractivity contribution in [2.24, 2.45) is 0 Å². The van der Waals surface area contributed by atoms with Crippen LogP contribution in [0, 0.1) is 6.92 Å². The molecule has 0 amide bonds. The third-order valence-corrected chi connectivity index (χ3v) is 7.74. The van der Waals surface area contributed by atoms with Gasteiger partial charge in [0.1, 0.15) is 0 Å². The van der Waals surface area contributed by atoms with E-state index >= 15 is 0 Å². The number of aromatic nitrogens is 2. The van der Waals surface area contributed by atoms with Gasteiger partial charge in [-0.3, -0.25) is 4.90 Å².